The summed E-state index contributed by atoms with van der Waals surface area (Å²) in [5, 5.41) is 27.2. The molecule has 4 amide bonds. The molecule has 1 aromatic heterocycles. The molecular weight excluding hydrogens is 914 g/mol. The summed E-state index contributed by atoms with van der Waals surface area (Å²) in [5.74, 6) is -2.27. The number of halogens is 3. The Hall–Kier alpha value is -5.31. The monoisotopic (exact) mass is 968 g/mol. The van der Waals surface area contributed by atoms with Crippen molar-refractivity contribution in [2.24, 2.45) is 0 Å². The van der Waals surface area contributed by atoms with Crippen molar-refractivity contribution in [2.75, 3.05) is 39.8 Å². The number of likely N-dealkylation sites (N-methyl/N-ethyl adjacent to an activating group) is 1. The van der Waals surface area contributed by atoms with Gasteiger partial charge in [-0.25, -0.2) is 21.9 Å². The first kappa shape index (κ1) is 50.1. The topological polar surface area (TPSA) is 214 Å². The number of sulfonamides is 1. The lowest BCUT2D eigenvalue weighted by molar-refractivity contribution is -0.142. The highest BCUT2D eigenvalue weighted by Gasteiger charge is 2.34. The highest BCUT2D eigenvalue weighted by Crippen LogP contribution is 2.41. The number of benzene rings is 3. The minimum atomic E-state index is -4.13. The van der Waals surface area contributed by atoms with E-state index in [2.05, 4.69) is 31.6 Å². The summed E-state index contributed by atoms with van der Waals surface area (Å²) in [6, 6.07) is 13.9. The van der Waals surface area contributed by atoms with Crippen molar-refractivity contribution in [1.29, 1.82) is 0 Å². The average Bonchev–Trinajstić information content (AvgIpc) is 3.70. The van der Waals surface area contributed by atoms with E-state index in [-0.39, 0.29) is 56.8 Å². The Bertz CT molecular complexity index is 2560. The molecule has 4 aromatic rings. The molecule has 2 aliphatic rings. The van der Waals surface area contributed by atoms with Gasteiger partial charge >= 0.3 is 0 Å². The van der Waals surface area contributed by atoms with Crippen molar-refractivity contribution in [1.82, 2.24) is 41.2 Å². The molecule has 0 fully saturated rings. The number of carbonyl (C=O) groups excluding carboxylic acids is 4. The number of hydrogen-bond donors (Lipinski definition) is 8. The summed E-state index contributed by atoms with van der Waals surface area (Å²) in [4.78, 5) is 60.5. The van der Waals surface area contributed by atoms with E-state index in [1.807, 2.05) is 41.1 Å². The predicted octanol–water partition coefficient (Wildman–Crippen LogP) is 4.72. The third kappa shape index (κ3) is 13.0. The first-order chi connectivity index (χ1) is 31.7. The third-order valence-electron chi connectivity index (χ3n) is 11.3. The van der Waals surface area contributed by atoms with E-state index in [0.29, 0.717) is 51.0 Å². The number of rotatable bonds is 15. The Kier molecular flexibility index (Phi) is 17.8. The van der Waals surface area contributed by atoms with Crippen LogP contribution < -0.4 is 31.3 Å². The van der Waals surface area contributed by atoms with Gasteiger partial charge in [-0.15, -0.1) is 0 Å². The van der Waals surface area contributed by atoms with E-state index in [0.717, 1.165) is 29.0 Å². The lowest BCUT2D eigenvalue weighted by Gasteiger charge is -2.32. The van der Waals surface area contributed by atoms with Crippen LogP contribution in [0.25, 0.3) is 22.0 Å². The van der Waals surface area contributed by atoms with Crippen molar-refractivity contribution in [2.45, 2.75) is 86.3 Å². The molecule has 8 N–H and O–H groups in total. The van der Waals surface area contributed by atoms with Crippen LogP contribution in [0.15, 0.2) is 99.4 Å². The quantitative estimate of drug-likeness (QED) is 0.0764. The number of aliphatic hydroxyl groups excluding tert-OH is 1. The number of nitrogens with one attached hydrogen (secondary N) is 7. The van der Waals surface area contributed by atoms with Crippen molar-refractivity contribution in [3.63, 3.8) is 0 Å². The number of aromatic amines is 1. The highest BCUT2D eigenvalue weighted by atomic mass is 35.5. The molecule has 2 aliphatic heterocycles. The Morgan fingerprint density at radius 1 is 0.970 bits per heavy atom. The smallest absolute Gasteiger partial charge is 0.264 e. The zero-order chi connectivity index (χ0) is 47.4. The maximum atomic E-state index is 14.8. The number of dihydropyridines is 1. The molecule has 3 heterocycles. The summed E-state index contributed by atoms with van der Waals surface area (Å²) in [6.07, 6.45) is 4.70. The van der Waals surface area contributed by atoms with Crippen LogP contribution in [0.2, 0.25) is 5.02 Å². The van der Waals surface area contributed by atoms with Crippen LogP contribution in [0, 0.1) is 0 Å². The second-order valence-electron chi connectivity index (χ2n) is 16.0. The predicted molar refractivity (Wildman–Crippen MR) is 251 cm³/mol. The van der Waals surface area contributed by atoms with Crippen LogP contribution in [0.4, 0.5) is 8.78 Å². The fourth-order valence-electron chi connectivity index (χ4n) is 7.90. The Labute approximate surface area is 392 Å². The van der Waals surface area contributed by atoms with E-state index >= 15 is 0 Å². The fraction of sp³-hybridized carbons (Fsp3) is 0.391. The number of aliphatic hydroxyl groups is 1. The average molecular weight is 970 g/mol. The molecule has 0 aliphatic carbocycles. The molecule has 0 saturated heterocycles. The molecule has 0 spiro atoms. The van der Waals surface area contributed by atoms with E-state index in [9.17, 15) is 41.5 Å². The molecule has 6 rings (SSSR count). The van der Waals surface area contributed by atoms with Crippen LogP contribution in [0.1, 0.15) is 50.2 Å². The van der Waals surface area contributed by atoms with Crippen LogP contribution in [-0.2, 0) is 42.2 Å². The third-order valence-corrected chi connectivity index (χ3v) is 14.5. The largest absolute Gasteiger partial charge is 0.396 e. The van der Waals surface area contributed by atoms with Gasteiger partial charge in [-0.1, -0.05) is 71.9 Å². The van der Waals surface area contributed by atoms with Crippen LogP contribution in [-0.4, -0.2) is 111 Å². The number of nitrogens with zero attached hydrogens (tertiary/aromatic N) is 1. The van der Waals surface area contributed by atoms with Gasteiger partial charge in [-0.3, -0.25) is 19.2 Å². The van der Waals surface area contributed by atoms with Gasteiger partial charge in [0.05, 0.1) is 27.5 Å². The van der Waals surface area contributed by atoms with Crippen molar-refractivity contribution < 1.29 is 41.5 Å². The van der Waals surface area contributed by atoms with Crippen molar-refractivity contribution >= 4 is 67.9 Å². The lowest BCUT2D eigenvalue weighted by Crippen LogP contribution is -2.57. The van der Waals surface area contributed by atoms with E-state index < -0.39 is 64.7 Å². The van der Waals surface area contributed by atoms with Gasteiger partial charge in [-0.05, 0) is 90.7 Å². The molecule has 0 saturated carbocycles. The number of amides is 4. The number of alkyl halides is 2. The molecule has 3 atom stereocenters. The lowest BCUT2D eigenvalue weighted by atomic mass is 9.98. The molecule has 354 valence electrons. The maximum Gasteiger partial charge on any atom is 0.264 e. The number of carbonyl (C=O) groups is 4. The molecule has 20 heteroatoms. The van der Waals surface area contributed by atoms with Crippen molar-refractivity contribution in [3.05, 3.63) is 106 Å². The molecule has 0 radical (unpaired) electrons. The Morgan fingerprint density at radius 2 is 1.73 bits per heavy atom. The van der Waals surface area contributed by atoms with Crippen LogP contribution in [0.5, 0.6) is 0 Å². The van der Waals surface area contributed by atoms with Crippen molar-refractivity contribution in [3.8, 4) is 11.1 Å². The summed E-state index contributed by atoms with van der Waals surface area (Å²) in [6.45, 7) is 1.33. The maximum absolute atomic E-state index is 14.8. The minimum Gasteiger partial charge on any atom is -0.396 e. The number of para-hydroxylation sites is 1. The van der Waals surface area contributed by atoms with Gasteiger partial charge < -0.3 is 41.6 Å². The number of H-pyrrole nitrogens is 1. The molecule has 66 heavy (non-hydrogen) atoms. The summed E-state index contributed by atoms with van der Waals surface area (Å²) < 4.78 is 53.3. The molecular formula is C46H55ClF2N8O7S2. The number of unbranched alkanes of at least 4 members (excludes halogenated alkanes) is 1. The van der Waals surface area contributed by atoms with E-state index in [1.54, 1.807) is 30.5 Å². The van der Waals surface area contributed by atoms with Gasteiger partial charge in [0.2, 0.25) is 23.6 Å². The summed E-state index contributed by atoms with van der Waals surface area (Å²) >= 11 is 8.36. The minimum absolute atomic E-state index is 0.0811. The SMILES string of the molecule is CC(=O)NS(=O)(=O)c1ccc(-c2ccc(Cl)c3c2CNC(=O)[C@H](Cc2c[nH]c4ccccc24)N(C)C(=O)[C@H](CCCCNCC(F)F)NC(=O)[C@H](CCCO)NCC2=C(NCC=C2)S3)cc1. The van der Waals surface area contributed by atoms with Gasteiger partial charge in [-0.2, -0.15) is 0 Å². The molecule has 3 aromatic carbocycles. The second kappa shape index (κ2) is 23.4. The Balaban J connectivity index is 1.45. The number of aromatic nitrogens is 1. The van der Waals surface area contributed by atoms with E-state index in [1.165, 1.54) is 35.8 Å². The molecule has 15 nitrogen and oxygen atoms in total. The van der Waals surface area contributed by atoms with Crippen LogP contribution >= 0.6 is 23.4 Å². The second-order valence-corrected chi connectivity index (χ2v) is 19.1. The first-order valence-electron chi connectivity index (χ1n) is 21.7. The summed E-state index contributed by atoms with van der Waals surface area (Å²) in [5.41, 5.74) is 4.18. The number of fused-ring (bicyclic) bond motifs is 2. The fourth-order valence-corrected chi connectivity index (χ4v) is 10.3. The highest BCUT2D eigenvalue weighted by molar-refractivity contribution is 8.03. The Morgan fingerprint density at radius 3 is 2.47 bits per heavy atom. The zero-order valence-electron chi connectivity index (χ0n) is 36.6. The van der Waals surface area contributed by atoms with Gasteiger partial charge in [0, 0.05) is 68.6 Å². The van der Waals surface area contributed by atoms with Gasteiger partial charge in [0.25, 0.3) is 16.4 Å². The zero-order valence-corrected chi connectivity index (χ0v) is 39.0. The standard InChI is InChI=1S/C46H55ClF2N8O7S2/c1-28(59)56-66(63,64)32-16-14-29(15-17-32)33-18-19-36(47)42-35(33)26-54-44(61)40(23-31-25-52-37-11-4-3-10-34(31)37)57(2)46(62)39(12-5-6-20-50-27-41(48)49)55-43(60)38(13-8-22-58)53-24-30-9-7-21-51-45(30)65-42/h3-4,7,9-11,14-19,25,38-41,50-53,58H,5-6,8,12-13,20-24,26-27H2,1-2H3,(H,54,61)(H,55,60)(H,56,59)/t38-,39-,40-/m0/s1. The first-order valence-corrected chi connectivity index (χ1v) is 24.3. The number of hydrogen-bond acceptors (Lipinski definition) is 11. The molecule has 0 bridgehead atoms. The van der Waals surface area contributed by atoms with Gasteiger partial charge in [0.15, 0.2) is 0 Å². The molecule has 0 unspecified atom stereocenters. The normalized spacial score (nSPS) is 18.9. The number of thioether (sulfide) groups is 1. The van der Waals surface area contributed by atoms with E-state index in [4.69, 9.17) is 11.6 Å². The van der Waals surface area contributed by atoms with Crippen LogP contribution in [0.3, 0.4) is 0 Å². The summed E-state index contributed by atoms with van der Waals surface area (Å²) in [7, 11) is -2.62. The van der Waals surface area contributed by atoms with Gasteiger partial charge in [0.1, 0.15) is 12.1 Å².